The van der Waals surface area contributed by atoms with Crippen molar-refractivity contribution in [3.05, 3.63) is 0 Å². The third kappa shape index (κ3) is 9.06. The first-order chi connectivity index (χ1) is 3.81. The van der Waals surface area contributed by atoms with E-state index in [-0.39, 0.29) is 5.91 Å². The van der Waals surface area contributed by atoms with E-state index in [1.807, 2.05) is 19.3 Å². The second-order valence-corrected chi connectivity index (χ2v) is 0.921. The quantitative estimate of drug-likeness (QED) is 0.298. The molecule has 0 aliphatic heterocycles. The van der Waals surface area contributed by atoms with Gasteiger partial charge in [0.25, 0.3) is 0 Å². The van der Waals surface area contributed by atoms with Crippen LogP contribution in [-0.4, -0.2) is 5.91 Å². The van der Waals surface area contributed by atoms with Crippen LogP contribution in [-0.2, 0) is 4.79 Å². The maximum Gasteiger partial charge on any atom is 0.233 e. The molecule has 0 atom stereocenters. The minimum atomic E-state index is -0.130. The maximum atomic E-state index is 9.94. The van der Waals surface area contributed by atoms with Crippen LogP contribution in [0.1, 0.15) is 27.2 Å². The summed E-state index contributed by atoms with van der Waals surface area (Å²) in [6.45, 7) is 5.74. The van der Waals surface area contributed by atoms with Gasteiger partial charge in [-0.05, 0) is 0 Å². The molecule has 0 heterocycles. The highest BCUT2D eigenvalue weighted by Gasteiger charge is 1.85. The first-order valence-electron chi connectivity index (χ1n) is 2.80. The molecule has 3 N–H and O–H groups in total. The van der Waals surface area contributed by atoms with Gasteiger partial charge in [0.2, 0.25) is 5.91 Å². The van der Waals surface area contributed by atoms with E-state index < -0.39 is 0 Å². The number of hydrazine groups is 1. The van der Waals surface area contributed by atoms with Crippen molar-refractivity contribution >= 4 is 5.91 Å². The van der Waals surface area contributed by atoms with E-state index in [1.54, 1.807) is 6.92 Å². The summed E-state index contributed by atoms with van der Waals surface area (Å²) in [5.74, 6) is 4.55. The number of nitrogens with two attached hydrogens (primary N) is 1. The van der Waals surface area contributed by atoms with Crippen LogP contribution in [0.5, 0.6) is 0 Å². The topological polar surface area (TPSA) is 55.1 Å². The number of rotatable bonds is 1. The predicted octanol–water partition coefficient (Wildman–Crippen LogP) is 0.413. The molecule has 0 aliphatic rings. The summed E-state index contributed by atoms with van der Waals surface area (Å²) in [4.78, 5) is 9.94. The van der Waals surface area contributed by atoms with Crippen LogP contribution < -0.4 is 11.3 Å². The monoisotopic (exact) mass is 118 g/mol. The molecule has 0 bridgehead atoms. The molecule has 0 saturated heterocycles. The average Bonchev–Trinajstić information content (AvgIpc) is 1.91. The number of nitrogens with one attached hydrogen (secondary N) is 1. The molecule has 0 fully saturated rings. The Morgan fingerprint density at radius 1 is 1.62 bits per heavy atom. The van der Waals surface area contributed by atoms with Crippen LogP contribution in [0.2, 0.25) is 0 Å². The molecule has 0 saturated carbocycles. The lowest BCUT2D eigenvalue weighted by Gasteiger charge is -1.87. The molecule has 0 spiro atoms. The Bertz CT molecular complexity index is 48.4. The number of hydrogen-bond acceptors (Lipinski definition) is 2. The Labute approximate surface area is 50.2 Å². The first-order valence-corrected chi connectivity index (χ1v) is 2.80. The smallest absolute Gasteiger partial charge is 0.233 e. The molecule has 50 valence electrons. The van der Waals surface area contributed by atoms with E-state index in [0.29, 0.717) is 6.42 Å². The highest BCUT2D eigenvalue weighted by molar-refractivity contribution is 5.74. The van der Waals surface area contributed by atoms with E-state index >= 15 is 0 Å². The van der Waals surface area contributed by atoms with Gasteiger partial charge in [0.05, 0.1) is 0 Å². The fraction of sp³-hybridized carbons (Fsp3) is 0.800. The maximum absolute atomic E-state index is 9.94. The second kappa shape index (κ2) is 9.66. The molecule has 0 aromatic carbocycles. The van der Waals surface area contributed by atoms with Crippen molar-refractivity contribution in [1.82, 2.24) is 5.43 Å². The van der Waals surface area contributed by atoms with E-state index in [4.69, 9.17) is 0 Å². The van der Waals surface area contributed by atoms with Crippen LogP contribution in [0.4, 0.5) is 0 Å². The van der Waals surface area contributed by atoms with Crippen molar-refractivity contribution in [3.8, 4) is 0 Å². The zero-order valence-electron chi connectivity index (χ0n) is 5.69. The summed E-state index contributed by atoms with van der Waals surface area (Å²) >= 11 is 0. The van der Waals surface area contributed by atoms with Crippen LogP contribution in [0.15, 0.2) is 0 Å². The largest absolute Gasteiger partial charge is 0.294 e. The van der Waals surface area contributed by atoms with Gasteiger partial charge in [-0.3, -0.25) is 10.2 Å². The SMILES string of the molecule is CC.CCC(=O)NN. The van der Waals surface area contributed by atoms with Crippen LogP contribution in [0, 0.1) is 0 Å². The van der Waals surface area contributed by atoms with Gasteiger partial charge in [0, 0.05) is 6.42 Å². The average molecular weight is 118 g/mol. The zero-order chi connectivity index (χ0) is 6.99. The van der Waals surface area contributed by atoms with E-state index in [1.165, 1.54) is 0 Å². The van der Waals surface area contributed by atoms with Gasteiger partial charge in [-0.1, -0.05) is 20.8 Å². The van der Waals surface area contributed by atoms with Crippen LogP contribution >= 0.6 is 0 Å². The van der Waals surface area contributed by atoms with Gasteiger partial charge in [0.15, 0.2) is 0 Å². The first kappa shape index (κ1) is 10.4. The van der Waals surface area contributed by atoms with Gasteiger partial charge in [-0.15, -0.1) is 0 Å². The van der Waals surface area contributed by atoms with Gasteiger partial charge >= 0.3 is 0 Å². The van der Waals surface area contributed by atoms with Gasteiger partial charge < -0.3 is 0 Å². The Balaban J connectivity index is 0. The lowest BCUT2D eigenvalue weighted by molar-refractivity contribution is -0.120. The van der Waals surface area contributed by atoms with Crippen molar-refractivity contribution in [2.24, 2.45) is 5.84 Å². The molecular formula is C5H14N2O. The fourth-order valence-corrected chi connectivity index (χ4v) is 0.102. The molecule has 0 aliphatic carbocycles. The Hall–Kier alpha value is -0.570. The summed E-state index contributed by atoms with van der Waals surface area (Å²) in [6.07, 6.45) is 0.455. The summed E-state index contributed by atoms with van der Waals surface area (Å²) in [5, 5.41) is 0. The number of amides is 1. The van der Waals surface area contributed by atoms with E-state index in [0.717, 1.165) is 0 Å². The zero-order valence-corrected chi connectivity index (χ0v) is 5.69. The third-order valence-electron chi connectivity index (χ3n) is 0.482. The van der Waals surface area contributed by atoms with Gasteiger partial charge in [-0.25, -0.2) is 5.84 Å². The minimum absolute atomic E-state index is 0.130. The molecule has 0 radical (unpaired) electrons. The fourth-order valence-electron chi connectivity index (χ4n) is 0.102. The number of hydrogen-bond donors (Lipinski definition) is 2. The lowest BCUT2D eigenvalue weighted by atomic mass is 10.5. The molecule has 0 aromatic rings. The van der Waals surface area contributed by atoms with Crippen molar-refractivity contribution in [3.63, 3.8) is 0 Å². The second-order valence-electron chi connectivity index (χ2n) is 0.921. The Kier molecular flexibility index (Phi) is 12.6. The van der Waals surface area contributed by atoms with Crippen molar-refractivity contribution < 1.29 is 4.79 Å². The summed E-state index contributed by atoms with van der Waals surface area (Å²) < 4.78 is 0. The third-order valence-corrected chi connectivity index (χ3v) is 0.482. The standard InChI is InChI=1S/C3H8N2O.C2H6/c1-2-3(6)5-4;1-2/h2,4H2,1H3,(H,5,6);1-2H3. The number of carbonyl (C=O) groups excluding carboxylic acids is 1. The minimum Gasteiger partial charge on any atom is -0.294 e. The van der Waals surface area contributed by atoms with E-state index in [2.05, 4.69) is 5.84 Å². The number of carbonyl (C=O) groups is 1. The molecular weight excluding hydrogens is 104 g/mol. The molecule has 3 heteroatoms. The van der Waals surface area contributed by atoms with Crippen molar-refractivity contribution in [1.29, 1.82) is 0 Å². The van der Waals surface area contributed by atoms with Gasteiger partial charge in [-0.2, -0.15) is 0 Å². The van der Waals surface area contributed by atoms with Crippen LogP contribution in [0.25, 0.3) is 0 Å². The van der Waals surface area contributed by atoms with Gasteiger partial charge in [0.1, 0.15) is 0 Å². The molecule has 3 nitrogen and oxygen atoms in total. The van der Waals surface area contributed by atoms with Crippen molar-refractivity contribution in [2.45, 2.75) is 27.2 Å². The van der Waals surface area contributed by atoms with Crippen molar-refractivity contribution in [2.75, 3.05) is 0 Å². The summed E-state index contributed by atoms with van der Waals surface area (Å²) in [7, 11) is 0. The lowest BCUT2D eigenvalue weighted by Crippen LogP contribution is -2.28. The predicted molar refractivity (Wildman–Crippen MR) is 34.0 cm³/mol. The summed E-state index contributed by atoms with van der Waals surface area (Å²) in [6, 6.07) is 0. The molecule has 8 heavy (non-hydrogen) atoms. The Morgan fingerprint density at radius 3 is 2.00 bits per heavy atom. The molecule has 0 aromatic heterocycles. The highest BCUT2D eigenvalue weighted by atomic mass is 16.2. The van der Waals surface area contributed by atoms with E-state index in [9.17, 15) is 4.79 Å². The molecule has 1 amide bonds. The normalized spacial score (nSPS) is 6.50. The molecule has 0 unspecified atom stereocenters. The highest BCUT2D eigenvalue weighted by Crippen LogP contribution is 1.66. The molecule has 0 rings (SSSR count). The summed E-state index contributed by atoms with van der Waals surface area (Å²) in [5.41, 5.74) is 1.98. The van der Waals surface area contributed by atoms with Crippen LogP contribution in [0.3, 0.4) is 0 Å². The Morgan fingerprint density at radius 2 is 2.00 bits per heavy atom.